The molecule has 2 rings (SSSR count). The second kappa shape index (κ2) is 4.57. The highest BCUT2D eigenvalue weighted by atomic mass is 15.3. The largest absolute Gasteiger partial charge is 0.355 e. The van der Waals surface area contributed by atoms with Crippen molar-refractivity contribution < 1.29 is 0 Å². The molecule has 0 radical (unpaired) electrons. The van der Waals surface area contributed by atoms with Gasteiger partial charge in [0.05, 0.1) is 5.69 Å². The van der Waals surface area contributed by atoms with E-state index in [1.807, 2.05) is 0 Å². The average Bonchev–Trinajstić information content (AvgIpc) is 2.78. The lowest BCUT2D eigenvalue weighted by molar-refractivity contribution is 0.602. The molecule has 1 saturated heterocycles. The van der Waals surface area contributed by atoms with Crippen molar-refractivity contribution >= 4 is 5.82 Å². The van der Waals surface area contributed by atoms with E-state index in [0.717, 1.165) is 37.6 Å². The zero-order valence-electron chi connectivity index (χ0n) is 9.19. The van der Waals surface area contributed by atoms with E-state index >= 15 is 0 Å². The van der Waals surface area contributed by atoms with Gasteiger partial charge in [-0.1, -0.05) is 6.92 Å². The SMILES string of the molecule is CCc1ccc(N2CCC(CN)C2)nn1. The van der Waals surface area contributed by atoms with Crippen molar-refractivity contribution in [2.75, 3.05) is 24.5 Å². The predicted octanol–water partition coefficient (Wildman–Crippen LogP) is 0.824. The van der Waals surface area contributed by atoms with Crippen LogP contribution in [0.3, 0.4) is 0 Å². The molecule has 82 valence electrons. The highest BCUT2D eigenvalue weighted by molar-refractivity contribution is 5.38. The van der Waals surface area contributed by atoms with Gasteiger partial charge in [0.15, 0.2) is 5.82 Å². The second-order valence-electron chi connectivity index (χ2n) is 4.07. The molecule has 1 aromatic rings. The molecule has 2 N–H and O–H groups in total. The number of nitrogens with zero attached hydrogens (tertiary/aromatic N) is 3. The molecule has 1 aliphatic rings. The predicted molar refractivity (Wildman–Crippen MR) is 60.8 cm³/mol. The standard InChI is InChI=1S/C11H18N4/c1-2-10-3-4-11(14-13-10)15-6-5-9(7-12)8-15/h3-4,9H,2,5-8,12H2,1H3. The van der Waals surface area contributed by atoms with Gasteiger partial charge in [-0.05, 0) is 37.4 Å². The molecule has 0 amide bonds. The Labute approximate surface area is 90.5 Å². The highest BCUT2D eigenvalue weighted by Gasteiger charge is 2.22. The number of aryl methyl sites for hydroxylation is 1. The summed E-state index contributed by atoms with van der Waals surface area (Å²) in [4.78, 5) is 2.27. The van der Waals surface area contributed by atoms with Crippen LogP contribution in [0.15, 0.2) is 12.1 Å². The number of aromatic nitrogens is 2. The number of hydrogen-bond donors (Lipinski definition) is 1. The maximum atomic E-state index is 5.66. The van der Waals surface area contributed by atoms with E-state index in [4.69, 9.17) is 5.73 Å². The van der Waals surface area contributed by atoms with Gasteiger partial charge in [-0.3, -0.25) is 0 Å². The summed E-state index contributed by atoms with van der Waals surface area (Å²) >= 11 is 0. The average molecular weight is 206 g/mol. The lowest BCUT2D eigenvalue weighted by Gasteiger charge is -2.16. The van der Waals surface area contributed by atoms with E-state index in [1.165, 1.54) is 6.42 Å². The summed E-state index contributed by atoms with van der Waals surface area (Å²) in [5.41, 5.74) is 6.71. The van der Waals surface area contributed by atoms with E-state index in [9.17, 15) is 0 Å². The summed E-state index contributed by atoms with van der Waals surface area (Å²) in [7, 11) is 0. The first-order valence-corrected chi connectivity index (χ1v) is 5.61. The van der Waals surface area contributed by atoms with Crippen LogP contribution < -0.4 is 10.6 Å². The van der Waals surface area contributed by atoms with Gasteiger partial charge in [-0.15, -0.1) is 5.10 Å². The quantitative estimate of drug-likeness (QED) is 0.795. The number of rotatable bonds is 3. The monoisotopic (exact) mass is 206 g/mol. The third-order valence-electron chi connectivity index (χ3n) is 3.01. The van der Waals surface area contributed by atoms with Gasteiger partial charge < -0.3 is 10.6 Å². The maximum Gasteiger partial charge on any atom is 0.151 e. The van der Waals surface area contributed by atoms with E-state index in [0.29, 0.717) is 5.92 Å². The van der Waals surface area contributed by atoms with Gasteiger partial charge in [0.1, 0.15) is 0 Å². The van der Waals surface area contributed by atoms with Crippen molar-refractivity contribution in [1.29, 1.82) is 0 Å². The molecule has 1 aromatic heterocycles. The van der Waals surface area contributed by atoms with Crippen LogP contribution in [0.5, 0.6) is 0 Å². The highest BCUT2D eigenvalue weighted by Crippen LogP contribution is 2.20. The van der Waals surface area contributed by atoms with Gasteiger partial charge in [-0.2, -0.15) is 5.10 Å². The fourth-order valence-electron chi connectivity index (χ4n) is 1.94. The summed E-state index contributed by atoms with van der Waals surface area (Å²) in [5.74, 6) is 1.61. The van der Waals surface area contributed by atoms with Crippen molar-refractivity contribution in [1.82, 2.24) is 10.2 Å². The van der Waals surface area contributed by atoms with Crippen LogP contribution in [0.25, 0.3) is 0 Å². The first-order valence-electron chi connectivity index (χ1n) is 5.61. The molecule has 0 spiro atoms. The van der Waals surface area contributed by atoms with Crippen LogP contribution in [0.1, 0.15) is 19.0 Å². The molecule has 4 heteroatoms. The second-order valence-corrected chi connectivity index (χ2v) is 4.07. The van der Waals surface area contributed by atoms with Gasteiger partial charge in [0, 0.05) is 13.1 Å². The molecule has 1 fully saturated rings. The van der Waals surface area contributed by atoms with Crippen LogP contribution >= 0.6 is 0 Å². The van der Waals surface area contributed by atoms with Crippen LogP contribution in [0, 0.1) is 5.92 Å². The van der Waals surface area contributed by atoms with Crippen molar-refractivity contribution in [2.45, 2.75) is 19.8 Å². The van der Waals surface area contributed by atoms with Gasteiger partial charge in [0.2, 0.25) is 0 Å². The summed E-state index contributed by atoms with van der Waals surface area (Å²) in [6.45, 7) is 4.94. The molecule has 15 heavy (non-hydrogen) atoms. The van der Waals surface area contributed by atoms with Gasteiger partial charge in [-0.25, -0.2) is 0 Å². The number of nitrogens with two attached hydrogens (primary N) is 1. The Morgan fingerprint density at radius 1 is 1.47 bits per heavy atom. The summed E-state index contributed by atoms with van der Waals surface area (Å²) in [6, 6.07) is 4.11. The Morgan fingerprint density at radius 2 is 2.33 bits per heavy atom. The van der Waals surface area contributed by atoms with Crippen LogP contribution in [0.4, 0.5) is 5.82 Å². The molecule has 0 aromatic carbocycles. The van der Waals surface area contributed by atoms with Crippen LogP contribution in [0.2, 0.25) is 0 Å². The van der Waals surface area contributed by atoms with E-state index < -0.39 is 0 Å². The maximum absolute atomic E-state index is 5.66. The van der Waals surface area contributed by atoms with Crippen molar-refractivity contribution in [2.24, 2.45) is 11.7 Å². The molecule has 1 unspecified atom stereocenters. The summed E-state index contributed by atoms with van der Waals surface area (Å²) < 4.78 is 0. The first-order chi connectivity index (χ1) is 7.33. The third-order valence-corrected chi connectivity index (χ3v) is 3.01. The summed E-state index contributed by atoms with van der Waals surface area (Å²) in [5, 5.41) is 8.41. The fourth-order valence-corrected chi connectivity index (χ4v) is 1.94. The Bertz CT molecular complexity index is 309. The molecule has 0 bridgehead atoms. The fraction of sp³-hybridized carbons (Fsp3) is 0.636. The normalized spacial score (nSPS) is 20.9. The number of hydrogen-bond acceptors (Lipinski definition) is 4. The Hall–Kier alpha value is -1.16. The Balaban J connectivity index is 2.04. The lowest BCUT2D eigenvalue weighted by atomic mass is 10.1. The summed E-state index contributed by atoms with van der Waals surface area (Å²) in [6.07, 6.45) is 2.12. The molecule has 1 atom stereocenters. The topological polar surface area (TPSA) is 55.0 Å². The van der Waals surface area contributed by atoms with Gasteiger partial charge >= 0.3 is 0 Å². The lowest BCUT2D eigenvalue weighted by Crippen LogP contribution is -2.23. The zero-order chi connectivity index (χ0) is 10.7. The minimum absolute atomic E-state index is 0.623. The van der Waals surface area contributed by atoms with E-state index in [-0.39, 0.29) is 0 Å². The first kappa shape index (κ1) is 10.4. The molecule has 0 aliphatic carbocycles. The number of anilines is 1. The van der Waals surface area contributed by atoms with Crippen molar-refractivity contribution in [3.8, 4) is 0 Å². The van der Waals surface area contributed by atoms with Crippen molar-refractivity contribution in [3.05, 3.63) is 17.8 Å². The van der Waals surface area contributed by atoms with E-state index in [1.54, 1.807) is 0 Å². The molecule has 2 heterocycles. The Morgan fingerprint density at radius 3 is 2.87 bits per heavy atom. The zero-order valence-corrected chi connectivity index (χ0v) is 9.19. The molecular formula is C11H18N4. The van der Waals surface area contributed by atoms with Crippen molar-refractivity contribution in [3.63, 3.8) is 0 Å². The van der Waals surface area contributed by atoms with Crippen LogP contribution in [-0.4, -0.2) is 29.8 Å². The smallest absolute Gasteiger partial charge is 0.151 e. The molecule has 4 nitrogen and oxygen atoms in total. The van der Waals surface area contributed by atoms with Crippen LogP contribution in [-0.2, 0) is 6.42 Å². The molecule has 0 saturated carbocycles. The third kappa shape index (κ3) is 2.26. The molecule has 1 aliphatic heterocycles. The van der Waals surface area contributed by atoms with E-state index in [2.05, 4.69) is 34.2 Å². The minimum atomic E-state index is 0.623. The molecular weight excluding hydrogens is 188 g/mol. The Kier molecular flexibility index (Phi) is 3.16. The minimum Gasteiger partial charge on any atom is -0.355 e. The van der Waals surface area contributed by atoms with Gasteiger partial charge in [0.25, 0.3) is 0 Å².